The Balaban J connectivity index is 0.00000288. The van der Waals surface area contributed by atoms with Gasteiger partial charge in [-0.1, -0.05) is 5.22 Å². The van der Waals surface area contributed by atoms with Gasteiger partial charge in [-0.3, -0.25) is 9.98 Å². The molecule has 2 aromatic rings. The molecule has 2 rings (SSSR count). The zero-order valence-electron chi connectivity index (χ0n) is 12.5. The molecule has 0 unspecified atom stereocenters. The van der Waals surface area contributed by atoms with Crippen molar-refractivity contribution >= 4 is 31.5 Å². The Morgan fingerprint density at radius 3 is 1.83 bits per heavy atom. The smallest absolute Gasteiger partial charge is 0.282 e. The number of nitrogens with one attached hydrogen (secondary N) is 1. The molecule has 0 bridgehead atoms. The monoisotopic (exact) mass is 379 g/mol. The standard InChI is InChI=1S/C12H12N4O5S2.Na/c13-22(17,18)11-5-1-9(2-6-11)14-16-15-10-3-7-12(8-4-10)23(19,20)21;/h1-8H,(H,14,15)(H2,13,17,18)(H,19,20,21);/q;+1. The molecule has 2 aromatic carbocycles. The van der Waals surface area contributed by atoms with Crippen LogP contribution in [-0.2, 0) is 20.1 Å². The molecule has 0 saturated heterocycles. The summed E-state index contributed by atoms with van der Waals surface area (Å²) < 4.78 is 52.8. The molecule has 0 aliphatic heterocycles. The van der Waals surface area contributed by atoms with Crippen LogP contribution in [0.3, 0.4) is 0 Å². The summed E-state index contributed by atoms with van der Waals surface area (Å²) in [7, 11) is -8.00. The first-order valence-corrected chi connectivity index (χ1v) is 9.02. The molecule has 0 radical (unpaired) electrons. The predicted molar refractivity (Wildman–Crippen MR) is 82.2 cm³/mol. The van der Waals surface area contributed by atoms with Gasteiger partial charge >= 0.3 is 29.6 Å². The Bertz CT molecular complexity index is 926. The maximum atomic E-state index is 11.1. The van der Waals surface area contributed by atoms with Gasteiger partial charge in [0.15, 0.2) is 0 Å². The molecule has 24 heavy (non-hydrogen) atoms. The van der Waals surface area contributed by atoms with Crippen LogP contribution in [0.4, 0.5) is 11.4 Å². The fraction of sp³-hybridized carbons (Fsp3) is 0. The van der Waals surface area contributed by atoms with E-state index in [0.717, 1.165) is 0 Å². The van der Waals surface area contributed by atoms with Crippen LogP contribution in [0.5, 0.6) is 0 Å². The van der Waals surface area contributed by atoms with Gasteiger partial charge in [-0.25, -0.2) is 13.6 Å². The molecular formula is C12H12N4NaO5S2+. The number of hydrogen-bond donors (Lipinski definition) is 3. The van der Waals surface area contributed by atoms with Crippen molar-refractivity contribution in [1.29, 1.82) is 0 Å². The van der Waals surface area contributed by atoms with Crippen LogP contribution >= 0.6 is 0 Å². The Hall–Kier alpha value is -1.34. The molecule has 4 N–H and O–H groups in total. The van der Waals surface area contributed by atoms with Crippen molar-refractivity contribution < 1.29 is 50.9 Å². The van der Waals surface area contributed by atoms with E-state index in [9.17, 15) is 16.8 Å². The van der Waals surface area contributed by atoms with Crippen molar-refractivity contribution in [2.24, 2.45) is 15.5 Å². The van der Waals surface area contributed by atoms with Crippen LogP contribution in [0.25, 0.3) is 0 Å². The molecule has 0 aliphatic rings. The van der Waals surface area contributed by atoms with E-state index in [2.05, 4.69) is 15.8 Å². The SMILES string of the molecule is NS(=O)(=O)c1ccc(NN=Nc2ccc(S(=O)(=O)O)cc2)cc1.[Na+]. The van der Waals surface area contributed by atoms with E-state index >= 15 is 0 Å². The molecule has 0 aliphatic carbocycles. The number of nitrogens with zero attached hydrogens (tertiary/aromatic N) is 2. The molecule has 0 fully saturated rings. The van der Waals surface area contributed by atoms with Gasteiger partial charge in [-0.15, -0.1) is 5.11 Å². The van der Waals surface area contributed by atoms with Gasteiger partial charge in [0.25, 0.3) is 10.1 Å². The van der Waals surface area contributed by atoms with Crippen molar-refractivity contribution in [2.45, 2.75) is 9.79 Å². The van der Waals surface area contributed by atoms with Crippen molar-refractivity contribution in [3.05, 3.63) is 48.5 Å². The molecule has 0 heterocycles. The van der Waals surface area contributed by atoms with Crippen LogP contribution < -0.4 is 40.1 Å². The Labute approximate surface area is 161 Å². The van der Waals surface area contributed by atoms with Gasteiger partial charge in [0, 0.05) is 0 Å². The normalized spacial score (nSPS) is 11.9. The van der Waals surface area contributed by atoms with E-state index in [1.165, 1.54) is 48.5 Å². The summed E-state index contributed by atoms with van der Waals surface area (Å²) in [5, 5.41) is 12.4. The van der Waals surface area contributed by atoms with E-state index in [0.29, 0.717) is 11.4 Å². The summed E-state index contributed by atoms with van der Waals surface area (Å²) in [6, 6.07) is 10.6. The maximum Gasteiger partial charge on any atom is 1.00 e. The van der Waals surface area contributed by atoms with Crippen molar-refractivity contribution in [2.75, 3.05) is 5.43 Å². The van der Waals surface area contributed by atoms with E-state index < -0.39 is 20.1 Å². The summed E-state index contributed by atoms with van der Waals surface area (Å²) in [5.74, 6) is 0. The molecule has 0 spiro atoms. The van der Waals surface area contributed by atoms with E-state index in [1.54, 1.807) is 0 Å². The summed E-state index contributed by atoms with van der Waals surface area (Å²) >= 11 is 0. The van der Waals surface area contributed by atoms with E-state index in [-0.39, 0.29) is 39.3 Å². The summed E-state index contributed by atoms with van der Waals surface area (Å²) in [6.07, 6.45) is 0. The van der Waals surface area contributed by atoms with Crippen molar-refractivity contribution in [3.63, 3.8) is 0 Å². The van der Waals surface area contributed by atoms with Crippen LogP contribution in [0, 0.1) is 0 Å². The number of benzene rings is 2. The number of rotatable bonds is 5. The minimum Gasteiger partial charge on any atom is -0.282 e. The Morgan fingerprint density at radius 1 is 0.875 bits per heavy atom. The summed E-state index contributed by atoms with van der Waals surface area (Å²) in [6.45, 7) is 0. The van der Waals surface area contributed by atoms with Crippen LogP contribution in [0.15, 0.2) is 68.7 Å². The fourth-order valence-corrected chi connectivity index (χ4v) is 2.54. The zero-order chi connectivity index (χ0) is 17.1. The first-order valence-electron chi connectivity index (χ1n) is 6.03. The quantitative estimate of drug-likeness (QED) is 0.254. The predicted octanol–water partition coefficient (Wildman–Crippen LogP) is -1.30. The second-order valence-electron chi connectivity index (χ2n) is 4.35. The minimum absolute atomic E-state index is 0. The van der Waals surface area contributed by atoms with Gasteiger partial charge in [0.1, 0.15) is 0 Å². The first kappa shape index (κ1) is 20.7. The molecule has 122 valence electrons. The van der Waals surface area contributed by atoms with Gasteiger partial charge in [0.2, 0.25) is 10.0 Å². The third-order valence-corrected chi connectivity index (χ3v) is 4.46. The zero-order valence-corrected chi connectivity index (χ0v) is 16.1. The molecular weight excluding hydrogens is 367 g/mol. The van der Waals surface area contributed by atoms with Gasteiger partial charge in [-0.2, -0.15) is 8.42 Å². The second kappa shape index (κ2) is 8.16. The van der Waals surface area contributed by atoms with Crippen LogP contribution in [0.1, 0.15) is 0 Å². The molecule has 12 heteroatoms. The topological polar surface area (TPSA) is 151 Å². The van der Waals surface area contributed by atoms with Crippen molar-refractivity contribution in [3.8, 4) is 0 Å². The Kier molecular flexibility index (Phi) is 7.04. The molecule has 0 saturated carbocycles. The first-order chi connectivity index (χ1) is 10.7. The molecule has 0 atom stereocenters. The summed E-state index contributed by atoms with van der Waals surface area (Å²) in [5.41, 5.74) is 3.41. The third-order valence-electron chi connectivity index (χ3n) is 2.66. The summed E-state index contributed by atoms with van der Waals surface area (Å²) in [4.78, 5) is -0.274. The maximum absolute atomic E-state index is 11.1. The van der Waals surface area contributed by atoms with Crippen molar-refractivity contribution in [1.82, 2.24) is 0 Å². The number of primary sulfonamides is 1. The average Bonchev–Trinajstić information content (AvgIpc) is 2.46. The largest absolute Gasteiger partial charge is 1.00 e. The molecule has 0 aromatic heterocycles. The number of sulfonamides is 1. The molecule has 9 nitrogen and oxygen atoms in total. The Morgan fingerprint density at radius 2 is 1.38 bits per heavy atom. The third kappa shape index (κ3) is 5.94. The number of nitrogens with two attached hydrogens (primary N) is 1. The second-order valence-corrected chi connectivity index (χ2v) is 7.33. The molecule has 0 amide bonds. The number of anilines is 1. The average molecular weight is 379 g/mol. The van der Waals surface area contributed by atoms with Crippen LogP contribution in [0.2, 0.25) is 0 Å². The fourth-order valence-electron chi connectivity index (χ4n) is 1.54. The number of hydrogen-bond acceptors (Lipinski definition) is 6. The van der Waals surface area contributed by atoms with Gasteiger partial charge < -0.3 is 0 Å². The van der Waals surface area contributed by atoms with Crippen LogP contribution in [-0.4, -0.2) is 21.4 Å². The van der Waals surface area contributed by atoms with E-state index in [4.69, 9.17) is 9.69 Å². The van der Waals surface area contributed by atoms with Gasteiger partial charge in [0.05, 0.1) is 21.2 Å². The van der Waals surface area contributed by atoms with Gasteiger partial charge in [-0.05, 0) is 48.5 Å². The van der Waals surface area contributed by atoms with E-state index in [1.807, 2.05) is 0 Å². The minimum atomic E-state index is -4.25.